The molecule has 5 nitrogen and oxygen atoms in total. The summed E-state index contributed by atoms with van der Waals surface area (Å²) in [6.07, 6.45) is 27.7. The van der Waals surface area contributed by atoms with E-state index in [4.69, 9.17) is 10.2 Å². The summed E-state index contributed by atoms with van der Waals surface area (Å²) in [6.45, 7) is 4.98. The number of rotatable bonds is 26. The third kappa shape index (κ3) is 35.8. The van der Waals surface area contributed by atoms with E-state index < -0.39 is 11.9 Å². The van der Waals surface area contributed by atoms with Crippen LogP contribution in [-0.4, -0.2) is 45.4 Å². The van der Waals surface area contributed by atoms with E-state index in [9.17, 15) is 14.7 Å². The standard InChI is InChI=1S/C24H50O.C4H6O4S2/c1-3-5-7-9-11-13-14-16-18-20-22-24(23-25)21-19-17-15-12-10-8-6-4-2;5-3(6)1-9-10-2-4(7)8/h24-25H,3-23H2,1-2H3;1-2H2,(H,5,6)(H,7,8). The largest absolute Gasteiger partial charge is 0.481 e. The van der Waals surface area contributed by atoms with Gasteiger partial charge in [-0.05, 0) is 18.8 Å². The van der Waals surface area contributed by atoms with Crippen LogP contribution in [-0.2, 0) is 9.59 Å². The van der Waals surface area contributed by atoms with Crippen LogP contribution in [0.2, 0.25) is 0 Å². The first kappa shape index (κ1) is 36.8. The van der Waals surface area contributed by atoms with Gasteiger partial charge in [0.15, 0.2) is 0 Å². The summed E-state index contributed by atoms with van der Waals surface area (Å²) in [5.74, 6) is -1.39. The van der Waals surface area contributed by atoms with Crippen LogP contribution < -0.4 is 0 Å². The van der Waals surface area contributed by atoms with Gasteiger partial charge in [0, 0.05) is 6.61 Å². The van der Waals surface area contributed by atoms with Crippen molar-refractivity contribution in [3.05, 3.63) is 0 Å². The average molecular weight is 537 g/mol. The summed E-state index contributed by atoms with van der Waals surface area (Å²) in [5, 5.41) is 25.8. The zero-order valence-corrected chi connectivity index (χ0v) is 24.4. The fraction of sp³-hybridized carbons (Fsp3) is 0.929. The van der Waals surface area contributed by atoms with Crippen LogP contribution in [0.1, 0.15) is 142 Å². The number of carboxylic acids is 2. The van der Waals surface area contributed by atoms with Crippen LogP contribution in [0.4, 0.5) is 0 Å². The quantitative estimate of drug-likeness (QED) is 0.0750. The number of carbonyl (C=O) groups is 2. The first-order valence-corrected chi connectivity index (χ1v) is 16.7. The van der Waals surface area contributed by atoms with Crippen LogP contribution >= 0.6 is 21.6 Å². The predicted molar refractivity (Wildman–Crippen MR) is 154 cm³/mol. The van der Waals surface area contributed by atoms with E-state index in [1.54, 1.807) is 0 Å². The highest BCUT2D eigenvalue weighted by molar-refractivity contribution is 8.77. The van der Waals surface area contributed by atoms with Crippen molar-refractivity contribution in [2.24, 2.45) is 5.92 Å². The van der Waals surface area contributed by atoms with Crippen LogP contribution in [0, 0.1) is 5.92 Å². The molecule has 1 unspecified atom stereocenters. The minimum absolute atomic E-state index is 0.0576. The Labute approximate surface area is 224 Å². The Bertz CT molecular complexity index is 433. The monoisotopic (exact) mass is 536 g/mol. The number of carboxylic acid groups (broad SMARTS) is 2. The van der Waals surface area contributed by atoms with Crippen LogP contribution in [0.5, 0.6) is 0 Å². The van der Waals surface area contributed by atoms with Gasteiger partial charge in [0.1, 0.15) is 11.5 Å². The third-order valence-corrected chi connectivity index (χ3v) is 8.24. The zero-order chi connectivity index (χ0) is 26.4. The van der Waals surface area contributed by atoms with Crippen molar-refractivity contribution in [2.75, 3.05) is 18.1 Å². The average Bonchev–Trinajstić information content (AvgIpc) is 2.83. The normalized spacial score (nSPS) is 11.6. The topological polar surface area (TPSA) is 94.8 Å². The molecular formula is C28H56O5S2. The Morgan fingerprint density at radius 1 is 0.543 bits per heavy atom. The number of aliphatic hydroxyl groups is 1. The Morgan fingerprint density at radius 3 is 1.09 bits per heavy atom. The van der Waals surface area contributed by atoms with Crippen molar-refractivity contribution in [1.82, 2.24) is 0 Å². The molecule has 0 bridgehead atoms. The van der Waals surface area contributed by atoms with E-state index >= 15 is 0 Å². The van der Waals surface area contributed by atoms with Gasteiger partial charge in [-0.3, -0.25) is 9.59 Å². The minimum atomic E-state index is -0.928. The number of unbranched alkanes of at least 4 members (excludes halogenated alkanes) is 16. The molecule has 0 aliphatic heterocycles. The van der Waals surface area contributed by atoms with Gasteiger partial charge < -0.3 is 15.3 Å². The number of hydrogen-bond donors (Lipinski definition) is 3. The SMILES string of the molecule is CCCCCCCCCCCCC(CO)CCCCCCCCCC.O=C(O)CSSCC(=O)O. The second-order valence-corrected chi connectivity index (χ2v) is 12.1. The minimum Gasteiger partial charge on any atom is -0.481 e. The molecule has 7 heteroatoms. The molecule has 0 spiro atoms. The molecule has 1 atom stereocenters. The summed E-state index contributed by atoms with van der Waals surface area (Å²) in [5.41, 5.74) is 0. The van der Waals surface area contributed by atoms with E-state index in [1.807, 2.05) is 0 Å². The van der Waals surface area contributed by atoms with Crippen molar-refractivity contribution >= 4 is 33.5 Å². The molecule has 0 rings (SSSR count). The second kappa shape index (κ2) is 31.6. The van der Waals surface area contributed by atoms with Crippen molar-refractivity contribution < 1.29 is 24.9 Å². The smallest absolute Gasteiger partial charge is 0.314 e. The molecule has 0 fully saturated rings. The highest BCUT2D eigenvalue weighted by atomic mass is 33.1. The lowest BCUT2D eigenvalue weighted by molar-refractivity contribution is -0.135. The van der Waals surface area contributed by atoms with E-state index in [1.165, 1.54) is 128 Å². The van der Waals surface area contributed by atoms with Crippen LogP contribution in [0.15, 0.2) is 0 Å². The molecule has 0 saturated carbocycles. The predicted octanol–water partition coefficient (Wildman–Crippen LogP) is 8.97. The number of hydrogen-bond acceptors (Lipinski definition) is 5. The number of aliphatic hydroxyl groups excluding tert-OH is 1. The lowest BCUT2D eigenvalue weighted by Crippen LogP contribution is -2.06. The molecule has 0 aliphatic rings. The number of aliphatic carboxylic acids is 2. The summed E-state index contributed by atoms with van der Waals surface area (Å²) in [6, 6.07) is 0. The highest BCUT2D eigenvalue weighted by Gasteiger charge is 2.07. The maximum absolute atomic E-state index is 9.86. The van der Waals surface area contributed by atoms with Crippen molar-refractivity contribution in [3.8, 4) is 0 Å². The fourth-order valence-corrected chi connectivity index (χ4v) is 5.47. The maximum atomic E-state index is 9.86. The van der Waals surface area contributed by atoms with Crippen LogP contribution in [0.25, 0.3) is 0 Å². The van der Waals surface area contributed by atoms with E-state index in [0.29, 0.717) is 12.5 Å². The molecule has 3 N–H and O–H groups in total. The molecule has 0 radical (unpaired) electrons. The molecular weight excluding hydrogens is 480 g/mol. The van der Waals surface area contributed by atoms with Gasteiger partial charge >= 0.3 is 11.9 Å². The van der Waals surface area contributed by atoms with E-state index in [2.05, 4.69) is 13.8 Å². The van der Waals surface area contributed by atoms with Gasteiger partial charge in [-0.15, -0.1) is 0 Å². The Balaban J connectivity index is 0. The molecule has 0 aromatic rings. The molecule has 0 aromatic carbocycles. The molecule has 210 valence electrons. The molecule has 0 aromatic heterocycles. The van der Waals surface area contributed by atoms with Crippen LogP contribution in [0.3, 0.4) is 0 Å². The molecule has 0 amide bonds. The lowest BCUT2D eigenvalue weighted by Gasteiger charge is -2.13. The van der Waals surface area contributed by atoms with Crippen molar-refractivity contribution in [1.29, 1.82) is 0 Å². The lowest BCUT2D eigenvalue weighted by atomic mass is 9.94. The summed E-state index contributed by atoms with van der Waals surface area (Å²) in [7, 11) is 2.05. The van der Waals surface area contributed by atoms with Gasteiger partial charge in [0.25, 0.3) is 0 Å². The first-order valence-electron chi connectivity index (χ1n) is 14.3. The highest BCUT2D eigenvalue weighted by Crippen LogP contribution is 2.20. The van der Waals surface area contributed by atoms with Crippen molar-refractivity contribution in [3.63, 3.8) is 0 Å². The van der Waals surface area contributed by atoms with Gasteiger partial charge in [0.2, 0.25) is 0 Å². The molecule has 0 aliphatic carbocycles. The first-order chi connectivity index (χ1) is 17.0. The maximum Gasteiger partial charge on any atom is 0.314 e. The van der Waals surface area contributed by atoms with Gasteiger partial charge in [0.05, 0.1) is 0 Å². The Kier molecular flexibility index (Phi) is 33.2. The van der Waals surface area contributed by atoms with Gasteiger partial charge in [-0.2, -0.15) is 0 Å². The molecule has 0 saturated heterocycles. The van der Waals surface area contributed by atoms with Gasteiger partial charge in [-0.25, -0.2) is 0 Å². The molecule has 0 heterocycles. The van der Waals surface area contributed by atoms with Gasteiger partial charge in [-0.1, -0.05) is 151 Å². The van der Waals surface area contributed by atoms with E-state index in [-0.39, 0.29) is 11.5 Å². The second-order valence-electron chi connectivity index (χ2n) is 9.59. The Morgan fingerprint density at radius 2 is 0.829 bits per heavy atom. The molecule has 35 heavy (non-hydrogen) atoms. The summed E-state index contributed by atoms with van der Waals surface area (Å²) in [4.78, 5) is 19.7. The fourth-order valence-electron chi connectivity index (χ4n) is 4.00. The Hall–Kier alpha value is -0.400. The summed E-state index contributed by atoms with van der Waals surface area (Å²) >= 11 is 0. The zero-order valence-electron chi connectivity index (χ0n) is 22.8. The summed E-state index contributed by atoms with van der Waals surface area (Å²) < 4.78 is 0. The van der Waals surface area contributed by atoms with Crippen molar-refractivity contribution in [2.45, 2.75) is 142 Å². The van der Waals surface area contributed by atoms with E-state index in [0.717, 1.165) is 21.6 Å². The third-order valence-electron chi connectivity index (χ3n) is 6.14.